The number of halogens is 1. The number of benzene rings is 3. The van der Waals surface area contributed by atoms with E-state index in [0.29, 0.717) is 16.8 Å². The second kappa shape index (κ2) is 8.66. The van der Waals surface area contributed by atoms with Crippen LogP contribution in [-0.4, -0.2) is 20.5 Å². The Balaban J connectivity index is 1.62. The van der Waals surface area contributed by atoms with Gasteiger partial charge in [0.2, 0.25) is 0 Å². The fraction of sp³-hybridized carbons (Fsp3) is 0.0476. The first kappa shape index (κ1) is 20.2. The second-order valence-electron chi connectivity index (χ2n) is 6.25. The summed E-state index contributed by atoms with van der Waals surface area (Å²) in [5.74, 6) is -0.819. The van der Waals surface area contributed by atoms with E-state index in [0.717, 1.165) is 5.56 Å². The van der Waals surface area contributed by atoms with Gasteiger partial charge in [-0.3, -0.25) is 9.52 Å². The molecule has 3 rings (SSSR count). The Morgan fingerprint density at radius 2 is 1.55 bits per heavy atom. The smallest absolute Gasteiger partial charge is 0.271 e. The number of anilines is 1. The van der Waals surface area contributed by atoms with Crippen molar-refractivity contribution in [3.63, 3.8) is 0 Å². The van der Waals surface area contributed by atoms with E-state index in [1.165, 1.54) is 66.9 Å². The number of nitrogens with zero attached hydrogens (tertiary/aromatic N) is 1. The number of carbonyl (C=O) groups is 1. The normalized spacial score (nSPS) is 11.4. The van der Waals surface area contributed by atoms with E-state index in [9.17, 15) is 17.6 Å². The zero-order valence-electron chi connectivity index (χ0n) is 15.5. The van der Waals surface area contributed by atoms with E-state index in [2.05, 4.69) is 15.2 Å². The largest absolute Gasteiger partial charge is 0.280 e. The Bertz CT molecular complexity index is 1130. The van der Waals surface area contributed by atoms with Crippen LogP contribution in [0.5, 0.6) is 0 Å². The minimum atomic E-state index is -3.71. The topological polar surface area (TPSA) is 87.6 Å². The van der Waals surface area contributed by atoms with Gasteiger partial charge in [0.25, 0.3) is 15.9 Å². The average Bonchev–Trinajstić information content (AvgIpc) is 2.70. The van der Waals surface area contributed by atoms with Gasteiger partial charge in [-0.2, -0.15) is 5.10 Å². The number of hydrogen-bond donors (Lipinski definition) is 2. The maximum absolute atomic E-state index is 12.8. The molecule has 2 N–H and O–H groups in total. The summed E-state index contributed by atoms with van der Waals surface area (Å²) in [7, 11) is -3.71. The van der Waals surface area contributed by atoms with Gasteiger partial charge in [0.05, 0.1) is 11.1 Å². The van der Waals surface area contributed by atoms with Gasteiger partial charge < -0.3 is 0 Å². The highest BCUT2D eigenvalue weighted by Gasteiger charge is 2.14. The number of rotatable bonds is 6. The highest BCUT2D eigenvalue weighted by atomic mass is 32.2. The summed E-state index contributed by atoms with van der Waals surface area (Å²) < 4.78 is 40.1. The Labute approximate surface area is 168 Å². The predicted octanol–water partition coefficient (Wildman–Crippen LogP) is 3.70. The molecule has 0 atom stereocenters. The molecule has 8 heteroatoms. The molecule has 0 aliphatic rings. The van der Waals surface area contributed by atoms with E-state index in [4.69, 9.17) is 0 Å². The van der Waals surface area contributed by atoms with E-state index in [1.807, 2.05) is 6.92 Å². The molecule has 0 saturated carbocycles. The van der Waals surface area contributed by atoms with E-state index < -0.39 is 15.9 Å². The van der Waals surface area contributed by atoms with Crippen LogP contribution < -0.4 is 10.1 Å². The van der Waals surface area contributed by atoms with Crippen molar-refractivity contribution in [2.45, 2.75) is 11.8 Å². The summed E-state index contributed by atoms with van der Waals surface area (Å²) in [5.41, 5.74) is 4.59. The van der Waals surface area contributed by atoms with Gasteiger partial charge >= 0.3 is 0 Å². The van der Waals surface area contributed by atoms with Crippen LogP contribution in [0.15, 0.2) is 82.8 Å². The van der Waals surface area contributed by atoms with E-state index >= 15 is 0 Å². The van der Waals surface area contributed by atoms with Crippen LogP contribution in [0.1, 0.15) is 21.5 Å². The summed E-state index contributed by atoms with van der Waals surface area (Å²) in [4.78, 5) is 12.3. The van der Waals surface area contributed by atoms with Crippen molar-refractivity contribution in [1.29, 1.82) is 0 Å². The summed E-state index contributed by atoms with van der Waals surface area (Å²) in [6.07, 6.45) is 1.39. The minimum Gasteiger partial charge on any atom is -0.280 e. The molecule has 0 radical (unpaired) electrons. The van der Waals surface area contributed by atoms with Crippen molar-refractivity contribution in [1.82, 2.24) is 5.43 Å². The van der Waals surface area contributed by atoms with Crippen LogP contribution in [-0.2, 0) is 10.0 Å². The van der Waals surface area contributed by atoms with Gasteiger partial charge in [-0.15, -0.1) is 0 Å². The first-order valence-corrected chi connectivity index (χ1v) is 10.1. The van der Waals surface area contributed by atoms with Crippen molar-refractivity contribution in [3.8, 4) is 0 Å². The first-order valence-electron chi connectivity index (χ1n) is 8.62. The average molecular weight is 411 g/mol. The minimum absolute atomic E-state index is 0.153. The monoisotopic (exact) mass is 411 g/mol. The van der Waals surface area contributed by atoms with Crippen molar-refractivity contribution in [3.05, 3.63) is 95.3 Å². The standard InChI is InChI=1S/C21H18FN3O3S/c1-15-2-12-20(13-3-15)29(27,28)25-19-10-6-17(7-11-19)21(26)24-23-14-16-4-8-18(22)9-5-16/h2-14,25H,1H3,(H,24,26)/b23-14+. The van der Waals surface area contributed by atoms with Gasteiger partial charge in [0.15, 0.2) is 0 Å². The lowest BCUT2D eigenvalue weighted by molar-refractivity contribution is 0.0955. The van der Waals surface area contributed by atoms with E-state index in [-0.39, 0.29) is 10.7 Å². The molecule has 148 valence electrons. The van der Waals surface area contributed by atoms with Crippen molar-refractivity contribution in [2.75, 3.05) is 4.72 Å². The lowest BCUT2D eigenvalue weighted by Gasteiger charge is -2.09. The summed E-state index contributed by atoms with van der Waals surface area (Å²) in [6.45, 7) is 1.87. The second-order valence-corrected chi connectivity index (χ2v) is 7.93. The Hall–Kier alpha value is -3.52. The van der Waals surface area contributed by atoms with Crippen LogP contribution in [0.4, 0.5) is 10.1 Å². The molecule has 3 aromatic rings. The molecule has 0 aliphatic carbocycles. The van der Waals surface area contributed by atoms with Gasteiger partial charge in [0.1, 0.15) is 5.82 Å². The zero-order chi connectivity index (χ0) is 20.9. The quantitative estimate of drug-likeness (QED) is 0.479. The summed E-state index contributed by atoms with van der Waals surface area (Å²) in [5, 5.41) is 3.82. The Morgan fingerprint density at radius 3 is 2.17 bits per heavy atom. The molecule has 0 heterocycles. The third kappa shape index (κ3) is 5.49. The molecule has 0 fully saturated rings. The highest BCUT2D eigenvalue weighted by Crippen LogP contribution is 2.17. The lowest BCUT2D eigenvalue weighted by Crippen LogP contribution is -2.18. The van der Waals surface area contributed by atoms with Crippen LogP contribution in [0, 0.1) is 12.7 Å². The Morgan fingerprint density at radius 1 is 0.931 bits per heavy atom. The van der Waals surface area contributed by atoms with Gasteiger partial charge in [-0.25, -0.2) is 18.2 Å². The molecule has 3 aromatic carbocycles. The number of carbonyl (C=O) groups excluding carboxylic acids is 1. The molecule has 0 saturated heterocycles. The summed E-state index contributed by atoms with van der Waals surface area (Å²) >= 11 is 0. The summed E-state index contributed by atoms with van der Waals surface area (Å²) in [6, 6.07) is 18.1. The van der Waals surface area contributed by atoms with Crippen LogP contribution in [0.25, 0.3) is 0 Å². The van der Waals surface area contributed by atoms with Gasteiger partial charge in [-0.05, 0) is 61.0 Å². The number of sulfonamides is 1. The molecule has 0 unspecified atom stereocenters. The third-order valence-corrected chi connectivity index (χ3v) is 5.38. The van der Waals surface area contributed by atoms with Gasteiger partial charge in [0, 0.05) is 11.3 Å². The number of nitrogens with one attached hydrogen (secondary N) is 2. The highest BCUT2D eigenvalue weighted by molar-refractivity contribution is 7.92. The van der Waals surface area contributed by atoms with Crippen molar-refractivity contribution in [2.24, 2.45) is 5.10 Å². The lowest BCUT2D eigenvalue weighted by atomic mass is 10.2. The SMILES string of the molecule is Cc1ccc(S(=O)(=O)Nc2ccc(C(=O)N/N=C/c3ccc(F)cc3)cc2)cc1. The molecule has 1 amide bonds. The first-order chi connectivity index (χ1) is 13.8. The van der Waals surface area contributed by atoms with Crippen LogP contribution >= 0.6 is 0 Å². The molecular weight excluding hydrogens is 393 g/mol. The third-order valence-electron chi connectivity index (χ3n) is 3.98. The fourth-order valence-corrected chi connectivity index (χ4v) is 3.46. The molecule has 0 aliphatic heterocycles. The molecule has 0 aromatic heterocycles. The number of aryl methyl sites for hydroxylation is 1. The van der Waals surface area contributed by atoms with Gasteiger partial charge in [-0.1, -0.05) is 29.8 Å². The van der Waals surface area contributed by atoms with Crippen LogP contribution in [0.2, 0.25) is 0 Å². The molecule has 29 heavy (non-hydrogen) atoms. The maximum atomic E-state index is 12.8. The zero-order valence-corrected chi connectivity index (χ0v) is 16.3. The molecular formula is C21H18FN3O3S. The predicted molar refractivity (Wildman–Crippen MR) is 110 cm³/mol. The van der Waals surface area contributed by atoms with Crippen molar-refractivity contribution >= 4 is 27.8 Å². The number of hydrazone groups is 1. The molecule has 6 nitrogen and oxygen atoms in total. The van der Waals surface area contributed by atoms with E-state index in [1.54, 1.807) is 12.1 Å². The fourth-order valence-electron chi connectivity index (χ4n) is 2.40. The Kier molecular flexibility index (Phi) is 6.04. The molecule has 0 bridgehead atoms. The number of hydrogen-bond acceptors (Lipinski definition) is 4. The van der Waals surface area contributed by atoms with Crippen molar-refractivity contribution < 1.29 is 17.6 Å². The maximum Gasteiger partial charge on any atom is 0.271 e. The van der Waals surface area contributed by atoms with Crippen LogP contribution in [0.3, 0.4) is 0 Å². The number of amides is 1. The molecule has 0 spiro atoms.